The van der Waals surface area contributed by atoms with Crippen LogP contribution in [0.3, 0.4) is 0 Å². The topological polar surface area (TPSA) is 70.7 Å². The molecule has 18 heavy (non-hydrogen) atoms. The summed E-state index contributed by atoms with van der Waals surface area (Å²) in [5.41, 5.74) is 0. The van der Waals surface area contributed by atoms with E-state index in [-0.39, 0.29) is 25.0 Å². The van der Waals surface area contributed by atoms with Gasteiger partial charge >= 0.3 is 5.97 Å². The van der Waals surface area contributed by atoms with E-state index in [0.29, 0.717) is 19.7 Å². The van der Waals surface area contributed by atoms with Gasteiger partial charge in [-0.05, 0) is 6.92 Å². The van der Waals surface area contributed by atoms with Gasteiger partial charge < -0.3 is 15.4 Å². The van der Waals surface area contributed by atoms with Crippen LogP contribution in [0.15, 0.2) is 0 Å². The number of esters is 1. The van der Waals surface area contributed by atoms with Gasteiger partial charge in [0.2, 0.25) is 5.91 Å². The zero-order valence-corrected chi connectivity index (χ0v) is 10.6. The predicted octanol–water partition coefficient (Wildman–Crippen LogP) is -1.43. The molecule has 1 fully saturated rings. The Hall–Kier alpha value is -1.58. The molecule has 1 heterocycles. The van der Waals surface area contributed by atoms with Crippen LogP contribution in [0.4, 0.5) is 0 Å². The first-order valence-corrected chi connectivity index (χ1v) is 6.00. The third-order valence-corrected chi connectivity index (χ3v) is 2.65. The van der Waals surface area contributed by atoms with Gasteiger partial charge in [0.1, 0.15) is 6.04 Å². The maximum atomic E-state index is 11.7. The second-order valence-corrected chi connectivity index (χ2v) is 3.92. The number of carbonyl (C=O) groups excluding carboxylic acids is 2. The Morgan fingerprint density at radius 2 is 2.39 bits per heavy atom. The second-order valence-electron chi connectivity index (χ2n) is 3.92. The molecule has 0 aliphatic carbocycles. The van der Waals surface area contributed by atoms with Gasteiger partial charge in [-0.3, -0.25) is 14.5 Å². The summed E-state index contributed by atoms with van der Waals surface area (Å²) >= 11 is 0. The molecule has 0 aromatic carbocycles. The number of hydrogen-bond donors (Lipinski definition) is 2. The average Bonchev–Trinajstić information content (AvgIpc) is 2.37. The zero-order chi connectivity index (χ0) is 13.4. The van der Waals surface area contributed by atoms with Crippen molar-refractivity contribution < 1.29 is 14.3 Å². The molecule has 1 aliphatic rings. The molecule has 6 heteroatoms. The Morgan fingerprint density at radius 3 is 3.06 bits per heavy atom. The summed E-state index contributed by atoms with van der Waals surface area (Å²) in [7, 11) is 0. The monoisotopic (exact) mass is 253 g/mol. The maximum absolute atomic E-state index is 11.7. The van der Waals surface area contributed by atoms with E-state index < -0.39 is 6.04 Å². The lowest BCUT2D eigenvalue weighted by Crippen LogP contribution is -2.57. The van der Waals surface area contributed by atoms with Crippen LogP contribution in [-0.2, 0) is 14.3 Å². The minimum atomic E-state index is -0.407. The molecule has 0 radical (unpaired) electrons. The quantitative estimate of drug-likeness (QED) is 0.464. The van der Waals surface area contributed by atoms with Crippen molar-refractivity contribution in [3.05, 3.63) is 0 Å². The number of ether oxygens (including phenoxy) is 1. The van der Waals surface area contributed by atoms with Crippen molar-refractivity contribution in [2.45, 2.75) is 13.0 Å². The highest BCUT2D eigenvalue weighted by Crippen LogP contribution is 2.05. The normalized spacial score (nSPS) is 19.9. The number of terminal acetylenes is 1. The molecule has 1 rings (SSSR count). The summed E-state index contributed by atoms with van der Waals surface area (Å²) in [6, 6.07) is -0.407. The van der Waals surface area contributed by atoms with E-state index in [0.717, 1.165) is 6.54 Å². The van der Waals surface area contributed by atoms with Crippen LogP contribution in [0.5, 0.6) is 0 Å². The fraction of sp³-hybridized carbons (Fsp3) is 0.667. The van der Waals surface area contributed by atoms with E-state index in [1.807, 2.05) is 0 Å². The van der Waals surface area contributed by atoms with E-state index in [9.17, 15) is 9.59 Å². The van der Waals surface area contributed by atoms with E-state index in [2.05, 4.69) is 16.6 Å². The molecule has 1 atom stereocenters. The van der Waals surface area contributed by atoms with Crippen molar-refractivity contribution in [2.75, 3.05) is 39.3 Å². The highest BCUT2D eigenvalue weighted by molar-refractivity contribution is 5.81. The van der Waals surface area contributed by atoms with Crippen molar-refractivity contribution in [1.29, 1.82) is 0 Å². The van der Waals surface area contributed by atoms with Crippen LogP contribution in [-0.4, -0.2) is 62.1 Å². The molecule has 1 saturated heterocycles. The van der Waals surface area contributed by atoms with Gasteiger partial charge in [-0.2, -0.15) is 0 Å². The van der Waals surface area contributed by atoms with E-state index in [4.69, 9.17) is 11.2 Å². The Kier molecular flexibility index (Phi) is 6.19. The highest BCUT2D eigenvalue weighted by atomic mass is 16.5. The lowest BCUT2D eigenvalue weighted by molar-refractivity contribution is -0.150. The molecule has 1 amide bonds. The molecule has 0 spiro atoms. The summed E-state index contributed by atoms with van der Waals surface area (Å²) in [6.45, 7) is 4.35. The van der Waals surface area contributed by atoms with E-state index >= 15 is 0 Å². The van der Waals surface area contributed by atoms with Gasteiger partial charge in [0.15, 0.2) is 0 Å². The summed E-state index contributed by atoms with van der Waals surface area (Å²) in [6.07, 6.45) is 5.06. The second kappa shape index (κ2) is 7.69. The molecule has 100 valence electrons. The SMILES string of the molecule is C#CCNC(=O)CN1CCNCC1C(=O)OCC. The Bertz CT molecular complexity index is 338. The number of piperazine rings is 1. The fourth-order valence-corrected chi connectivity index (χ4v) is 1.80. The van der Waals surface area contributed by atoms with Crippen LogP contribution in [0.2, 0.25) is 0 Å². The van der Waals surface area contributed by atoms with Crippen LogP contribution in [0.25, 0.3) is 0 Å². The highest BCUT2D eigenvalue weighted by Gasteiger charge is 2.30. The van der Waals surface area contributed by atoms with Gasteiger partial charge in [0.05, 0.1) is 19.7 Å². The molecule has 6 nitrogen and oxygen atoms in total. The number of rotatable bonds is 5. The third kappa shape index (κ3) is 4.35. The smallest absolute Gasteiger partial charge is 0.324 e. The zero-order valence-electron chi connectivity index (χ0n) is 10.6. The Balaban J connectivity index is 2.51. The molecule has 1 unspecified atom stereocenters. The number of hydrogen-bond acceptors (Lipinski definition) is 5. The molecule has 0 aromatic heterocycles. The van der Waals surface area contributed by atoms with Crippen molar-refractivity contribution in [3.8, 4) is 12.3 Å². The van der Waals surface area contributed by atoms with Gasteiger partial charge in [-0.25, -0.2) is 0 Å². The molecular weight excluding hydrogens is 234 g/mol. The van der Waals surface area contributed by atoms with E-state index in [1.54, 1.807) is 11.8 Å². The third-order valence-electron chi connectivity index (χ3n) is 2.65. The molecule has 2 N–H and O–H groups in total. The molecule has 0 bridgehead atoms. The molecular formula is C12H19N3O3. The minimum Gasteiger partial charge on any atom is -0.465 e. The number of amides is 1. The lowest BCUT2D eigenvalue weighted by atomic mass is 10.2. The number of nitrogens with one attached hydrogen (secondary N) is 2. The van der Waals surface area contributed by atoms with Crippen LogP contribution < -0.4 is 10.6 Å². The van der Waals surface area contributed by atoms with E-state index in [1.165, 1.54) is 0 Å². The minimum absolute atomic E-state index is 0.160. The Labute approximate surface area is 107 Å². The van der Waals surface area contributed by atoms with Crippen molar-refractivity contribution in [1.82, 2.24) is 15.5 Å². The van der Waals surface area contributed by atoms with Crippen molar-refractivity contribution in [3.63, 3.8) is 0 Å². The fourth-order valence-electron chi connectivity index (χ4n) is 1.80. The van der Waals surface area contributed by atoms with Gasteiger partial charge in [0.25, 0.3) is 0 Å². The standard InChI is InChI=1S/C12H19N3O3/c1-3-5-14-11(16)9-15-7-6-13-8-10(15)12(17)18-4-2/h1,10,13H,4-9H2,2H3,(H,14,16). The Morgan fingerprint density at radius 1 is 1.61 bits per heavy atom. The summed E-state index contributed by atoms with van der Waals surface area (Å²) < 4.78 is 4.99. The van der Waals surface area contributed by atoms with Gasteiger partial charge in [-0.1, -0.05) is 5.92 Å². The van der Waals surface area contributed by atoms with Crippen molar-refractivity contribution >= 4 is 11.9 Å². The average molecular weight is 253 g/mol. The number of nitrogens with zero attached hydrogens (tertiary/aromatic N) is 1. The summed E-state index contributed by atoms with van der Waals surface area (Å²) in [5.74, 6) is 1.86. The van der Waals surface area contributed by atoms with Gasteiger partial charge in [0, 0.05) is 19.6 Å². The molecule has 0 aromatic rings. The largest absolute Gasteiger partial charge is 0.465 e. The molecule has 1 aliphatic heterocycles. The first-order chi connectivity index (χ1) is 8.69. The first-order valence-electron chi connectivity index (χ1n) is 6.00. The molecule has 0 saturated carbocycles. The maximum Gasteiger partial charge on any atom is 0.324 e. The first kappa shape index (κ1) is 14.5. The van der Waals surface area contributed by atoms with Crippen molar-refractivity contribution in [2.24, 2.45) is 0 Å². The predicted molar refractivity (Wildman–Crippen MR) is 66.7 cm³/mol. The van der Waals surface area contributed by atoms with Crippen LogP contribution in [0, 0.1) is 12.3 Å². The van der Waals surface area contributed by atoms with Gasteiger partial charge in [-0.15, -0.1) is 6.42 Å². The van der Waals surface area contributed by atoms with Crippen LogP contribution >= 0.6 is 0 Å². The summed E-state index contributed by atoms with van der Waals surface area (Å²) in [5, 5.41) is 5.70. The lowest BCUT2D eigenvalue weighted by Gasteiger charge is -2.33. The number of carbonyl (C=O) groups is 2. The summed E-state index contributed by atoms with van der Waals surface area (Å²) in [4.78, 5) is 25.1. The van der Waals surface area contributed by atoms with Crippen LogP contribution in [0.1, 0.15) is 6.92 Å².